The summed E-state index contributed by atoms with van der Waals surface area (Å²) >= 11 is 5.72. The van der Waals surface area contributed by atoms with Gasteiger partial charge >= 0.3 is 0 Å². The zero-order valence-electron chi connectivity index (χ0n) is 12.1. The summed E-state index contributed by atoms with van der Waals surface area (Å²) in [5.74, 6) is 1.44. The molecule has 2 heterocycles. The summed E-state index contributed by atoms with van der Waals surface area (Å²) in [4.78, 5) is 14.0. The minimum absolute atomic E-state index is 0.200. The number of furan rings is 1. The molecule has 22 heavy (non-hydrogen) atoms. The highest BCUT2D eigenvalue weighted by atomic mass is 35.5. The SMILES string of the molecule is CCN(CC1COc2ccccc2O1)C(=O)c1ccc(Cl)o1. The number of para-hydroxylation sites is 2. The molecule has 0 radical (unpaired) electrons. The van der Waals surface area contributed by atoms with Gasteiger partial charge in [0.15, 0.2) is 28.6 Å². The predicted octanol–water partition coefficient (Wildman–Crippen LogP) is 3.24. The van der Waals surface area contributed by atoms with Gasteiger partial charge in [-0.05, 0) is 42.8 Å². The Morgan fingerprint density at radius 1 is 1.27 bits per heavy atom. The maximum Gasteiger partial charge on any atom is 0.289 e. The van der Waals surface area contributed by atoms with E-state index in [-0.39, 0.29) is 23.0 Å². The van der Waals surface area contributed by atoms with Crippen molar-refractivity contribution in [3.8, 4) is 11.5 Å². The summed E-state index contributed by atoms with van der Waals surface area (Å²) in [5, 5.41) is 0.200. The number of benzene rings is 1. The van der Waals surface area contributed by atoms with Crippen molar-refractivity contribution in [3.05, 3.63) is 47.4 Å². The Morgan fingerprint density at radius 3 is 2.73 bits per heavy atom. The van der Waals surface area contributed by atoms with Crippen molar-refractivity contribution in [3.63, 3.8) is 0 Å². The molecule has 1 aromatic heterocycles. The predicted molar refractivity (Wildman–Crippen MR) is 81.6 cm³/mol. The zero-order chi connectivity index (χ0) is 15.5. The summed E-state index contributed by atoms with van der Waals surface area (Å²) in [5.41, 5.74) is 0. The minimum atomic E-state index is -0.218. The molecule has 3 rings (SSSR count). The molecule has 6 heteroatoms. The van der Waals surface area contributed by atoms with Crippen molar-refractivity contribution in [1.82, 2.24) is 4.90 Å². The summed E-state index contributed by atoms with van der Waals surface area (Å²) in [6.07, 6.45) is -0.218. The van der Waals surface area contributed by atoms with Crippen molar-refractivity contribution in [1.29, 1.82) is 0 Å². The lowest BCUT2D eigenvalue weighted by Gasteiger charge is -2.30. The molecule has 0 saturated heterocycles. The number of nitrogens with zero attached hydrogens (tertiary/aromatic N) is 1. The molecule has 0 spiro atoms. The molecule has 1 atom stereocenters. The fraction of sp³-hybridized carbons (Fsp3) is 0.312. The van der Waals surface area contributed by atoms with Crippen LogP contribution in [0, 0.1) is 0 Å². The fourth-order valence-corrected chi connectivity index (χ4v) is 2.49. The van der Waals surface area contributed by atoms with E-state index in [1.807, 2.05) is 31.2 Å². The van der Waals surface area contributed by atoms with Gasteiger partial charge in [0.1, 0.15) is 6.61 Å². The molecule has 0 fully saturated rings. The van der Waals surface area contributed by atoms with Gasteiger partial charge in [-0.3, -0.25) is 4.79 Å². The van der Waals surface area contributed by atoms with Crippen LogP contribution in [0.2, 0.25) is 5.22 Å². The Morgan fingerprint density at radius 2 is 2.05 bits per heavy atom. The largest absolute Gasteiger partial charge is 0.486 e. The maximum absolute atomic E-state index is 12.4. The van der Waals surface area contributed by atoms with E-state index in [2.05, 4.69) is 0 Å². The first-order chi connectivity index (χ1) is 10.7. The van der Waals surface area contributed by atoms with Gasteiger partial charge in [0, 0.05) is 6.54 Å². The Balaban J connectivity index is 1.68. The molecule has 1 unspecified atom stereocenters. The van der Waals surface area contributed by atoms with Crippen LogP contribution in [0.5, 0.6) is 11.5 Å². The van der Waals surface area contributed by atoms with E-state index in [0.29, 0.717) is 25.4 Å². The molecular weight excluding hydrogens is 306 g/mol. The number of rotatable bonds is 4. The van der Waals surface area contributed by atoms with Gasteiger partial charge in [-0.2, -0.15) is 0 Å². The van der Waals surface area contributed by atoms with E-state index in [4.69, 9.17) is 25.5 Å². The Kier molecular flexibility index (Phi) is 4.24. The Bertz CT molecular complexity index is 670. The molecule has 1 amide bonds. The van der Waals surface area contributed by atoms with E-state index < -0.39 is 0 Å². The van der Waals surface area contributed by atoms with E-state index in [9.17, 15) is 4.79 Å². The molecule has 0 N–H and O–H groups in total. The summed E-state index contributed by atoms with van der Waals surface area (Å²) < 4.78 is 16.7. The third kappa shape index (κ3) is 3.04. The number of carbonyl (C=O) groups excluding carboxylic acids is 1. The van der Waals surface area contributed by atoms with Crippen molar-refractivity contribution >= 4 is 17.5 Å². The number of ether oxygens (including phenoxy) is 2. The number of fused-ring (bicyclic) bond motifs is 1. The highest BCUT2D eigenvalue weighted by molar-refractivity contribution is 6.29. The van der Waals surface area contributed by atoms with Gasteiger partial charge in [-0.15, -0.1) is 0 Å². The van der Waals surface area contributed by atoms with Gasteiger partial charge in [-0.1, -0.05) is 12.1 Å². The van der Waals surface area contributed by atoms with Crippen LogP contribution in [0.3, 0.4) is 0 Å². The lowest BCUT2D eigenvalue weighted by atomic mass is 10.2. The normalized spacial score (nSPS) is 16.4. The Hall–Kier alpha value is -2.14. The summed E-state index contributed by atoms with van der Waals surface area (Å²) in [6, 6.07) is 10.6. The summed E-state index contributed by atoms with van der Waals surface area (Å²) in [7, 11) is 0. The molecule has 2 aromatic rings. The van der Waals surface area contributed by atoms with Crippen LogP contribution >= 0.6 is 11.6 Å². The molecule has 116 valence electrons. The lowest BCUT2D eigenvalue weighted by molar-refractivity contribution is 0.0455. The number of likely N-dealkylation sites (N-methyl/N-ethyl adjacent to an activating group) is 1. The van der Waals surface area contributed by atoms with Crippen LogP contribution in [0.25, 0.3) is 0 Å². The highest BCUT2D eigenvalue weighted by Crippen LogP contribution is 2.31. The van der Waals surface area contributed by atoms with Crippen LogP contribution in [0.1, 0.15) is 17.5 Å². The van der Waals surface area contributed by atoms with Crippen LogP contribution in [0.4, 0.5) is 0 Å². The van der Waals surface area contributed by atoms with Gasteiger partial charge in [0.05, 0.1) is 6.54 Å². The van der Waals surface area contributed by atoms with Crippen molar-refractivity contribution < 1.29 is 18.7 Å². The number of carbonyl (C=O) groups is 1. The molecule has 0 bridgehead atoms. The average Bonchev–Trinajstić information content (AvgIpc) is 2.98. The monoisotopic (exact) mass is 321 g/mol. The quantitative estimate of drug-likeness (QED) is 0.867. The second kappa shape index (κ2) is 6.32. The lowest BCUT2D eigenvalue weighted by Crippen LogP contribution is -2.43. The second-order valence-electron chi connectivity index (χ2n) is 4.95. The first-order valence-corrected chi connectivity index (χ1v) is 7.48. The number of hydrogen-bond acceptors (Lipinski definition) is 4. The second-order valence-corrected chi connectivity index (χ2v) is 5.32. The number of amides is 1. The highest BCUT2D eigenvalue weighted by Gasteiger charge is 2.26. The van der Waals surface area contributed by atoms with E-state index in [1.165, 1.54) is 0 Å². The van der Waals surface area contributed by atoms with E-state index in [0.717, 1.165) is 5.75 Å². The standard InChI is InChI=1S/C16H16ClNO4/c1-2-18(16(19)14-7-8-15(17)22-14)9-11-10-20-12-5-3-4-6-13(12)21-11/h3-8,11H,2,9-10H2,1H3. The average molecular weight is 322 g/mol. The molecule has 1 aliphatic heterocycles. The summed E-state index contributed by atoms with van der Waals surface area (Å²) in [6.45, 7) is 3.26. The maximum atomic E-state index is 12.4. The molecule has 1 aliphatic rings. The zero-order valence-corrected chi connectivity index (χ0v) is 12.9. The van der Waals surface area contributed by atoms with E-state index >= 15 is 0 Å². The van der Waals surface area contributed by atoms with Crippen LogP contribution in [-0.4, -0.2) is 36.6 Å². The number of halogens is 1. The first kappa shape index (κ1) is 14.8. The third-order valence-electron chi connectivity index (χ3n) is 3.44. The van der Waals surface area contributed by atoms with Crippen molar-refractivity contribution in [2.24, 2.45) is 0 Å². The smallest absolute Gasteiger partial charge is 0.289 e. The number of hydrogen-bond donors (Lipinski definition) is 0. The van der Waals surface area contributed by atoms with Gasteiger partial charge in [-0.25, -0.2) is 0 Å². The topological polar surface area (TPSA) is 51.9 Å². The Labute approximate surface area is 133 Å². The minimum Gasteiger partial charge on any atom is -0.486 e. The molecule has 0 aliphatic carbocycles. The van der Waals surface area contributed by atoms with Crippen molar-refractivity contribution in [2.45, 2.75) is 13.0 Å². The molecular formula is C16H16ClNO4. The third-order valence-corrected chi connectivity index (χ3v) is 3.65. The van der Waals surface area contributed by atoms with Crippen LogP contribution in [0.15, 0.2) is 40.8 Å². The first-order valence-electron chi connectivity index (χ1n) is 7.10. The van der Waals surface area contributed by atoms with Gasteiger partial charge < -0.3 is 18.8 Å². The molecule has 0 saturated carbocycles. The van der Waals surface area contributed by atoms with Gasteiger partial charge in [0.25, 0.3) is 5.91 Å². The molecule has 1 aromatic carbocycles. The van der Waals surface area contributed by atoms with Crippen molar-refractivity contribution in [2.75, 3.05) is 19.7 Å². The van der Waals surface area contributed by atoms with E-state index in [1.54, 1.807) is 17.0 Å². The van der Waals surface area contributed by atoms with Crippen LogP contribution in [-0.2, 0) is 0 Å². The molecule has 5 nitrogen and oxygen atoms in total. The van der Waals surface area contributed by atoms with Crippen LogP contribution < -0.4 is 9.47 Å². The fourth-order valence-electron chi connectivity index (χ4n) is 2.34. The van der Waals surface area contributed by atoms with Gasteiger partial charge in [0.2, 0.25) is 0 Å².